The predicted octanol–water partition coefficient (Wildman–Crippen LogP) is 0.855. The minimum Gasteiger partial charge on any atom is -0.508 e. The normalized spacial score (nSPS) is 11.9. The molecule has 6 heteroatoms. The summed E-state index contributed by atoms with van der Waals surface area (Å²) in [4.78, 5) is 25.5. The van der Waals surface area contributed by atoms with E-state index in [-0.39, 0.29) is 5.75 Å². The van der Waals surface area contributed by atoms with Gasteiger partial charge in [-0.05, 0) is 26.0 Å². The van der Waals surface area contributed by atoms with Gasteiger partial charge < -0.3 is 15.2 Å². The number of nitrogens with zero attached hydrogens (tertiary/aromatic N) is 1. The topological polar surface area (TPSA) is 95.3 Å². The molecule has 0 atom stereocenters. The molecule has 17 heavy (non-hydrogen) atoms. The van der Waals surface area contributed by atoms with E-state index in [9.17, 15) is 14.7 Å². The maximum absolute atomic E-state index is 11.8. The van der Waals surface area contributed by atoms with Crippen molar-refractivity contribution in [1.29, 1.82) is 0 Å². The zero-order valence-electron chi connectivity index (χ0n) is 9.39. The number of carboxylic acid groups (broad SMARTS) is 1. The van der Waals surface area contributed by atoms with Gasteiger partial charge in [-0.15, -0.1) is 0 Å². The van der Waals surface area contributed by atoms with E-state index in [1.165, 1.54) is 32.0 Å². The fourth-order valence-corrected chi connectivity index (χ4v) is 1.74. The van der Waals surface area contributed by atoms with Crippen molar-refractivity contribution in [2.75, 3.05) is 0 Å². The Morgan fingerprint density at radius 1 is 1.41 bits per heavy atom. The highest BCUT2D eigenvalue weighted by atomic mass is 16.4. The highest BCUT2D eigenvalue weighted by Gasteiger charge is 2.32. The van der Waals surface area contributed by atoms with Crippen LogP contribution in [0.5, 0.6) is 5.75 Å². The number of nitrogens with one attached hydrogen (secondary N) is 1. The molecular formula is C11H12N2O4. The molecule has 0 aliphatic heterocycles. The van der Waals surface area contributed by atoms with Crippen molar-refractivity contribution in [3.8, 4) is 5.75 Å². The van der Waals surface area contributed by atoms with E-state index in [4.69, 9.17) is 5.11 Å². The zero-order valence-corrected chi connectivity index (χ0v) is 9.39. The molecule has 2 aromatic rings. The van der Waals surface area contributed by atoms with Crippen LogP contribution in [0.1, 0.15) is 13.8 Å². The second-order valence-corrected chi connectivity index (χ2v) is 4.33. The zero-order chi connectivity index (χ0) is 12.8. The molecule has 6 nitrogen and oxygen atoms in total. The lowest BCUT2D eigenvalue weighted by molar-refractivity contribution is -0.145. The summed E-state index contributed by atoms with van der Waals surface area (Å²) in [7, 11) is 0. The SMILES string of the molecule is CC(C)(C(=O)O)n1c(=O)[nH]c2ccc(O)cc21. The molecule has 1 heterocycles. The lowest BCUT2D eigenvalue weighted by atomic mass is 10.1. The fourth-order valence-electron chi connectivity index (χ4n) is 1.74. The van der Waals surface area contributed by atoms with Crippen LogP contribution in [-0.2, 0) is 10.3 Å². The smallest absolute Gasteiger partial charge is 0.329 e. The quantitative estimate of drug-likeness (QED) is 0.720. The number of aromatic amines is 1. The summed E-state index contributed by atoms with van der Waals surface area (Å²) >= 11 is 0. The van der Waals surface area contributed by atoms with Crippen molar-refractivity contribution < 1.29 is 15.0 Å². The van der Waals surface area contributed by atoms with Crippen molar-refractivity contribution in [2.24, 2.45) is 0 Å². The van der Waals surface area contributed by atoms with E-state index in [0.29, 0.717) is 11.0 Å². The number of phenols is 1. The highest BCUT2D eigenvalue weighted by molar-refractivity contribution is 5.82. The Kier molecular flexibility index (Phi) is 2.23. The molecule has 0 unspecified atom stereocenters. The van der Waals surface area contributed by atoms with E-state index in [1.807, 2.05) is 0 Å². The largest absolute Gasteiger partial charge is 0.508 e. The van der Waals surface area contributed by atoms with Crippen molar-refractivity contribution in [2.45, 2.75) is 19.4 Å². The third-order valence-corrected chi connectivity index (χ3v) is 2.75. The van der Waals surface area contributed by atoms with Gasteiger partial charge in [-0.1, -0.05) is 0 Å². The molecule has 1 aromatic heterocycles. The van der Waals surface area contributed by atoms with Gasteiger partial charge in [0.05, 0.1) is 11.0 Å². The Morgan fingerprint density at radius 3 is 2.65 bits per heavy atom. The number of hydrogen-bond acceptors (Lipinski definition) is 3. The summed E-state index contributed by atoms with van der Waals surface area (Å²) in [6.45, 7) is 2.85. The monoisotopic (exact) mass is 236 g/mol. The average molecular weight is 236 g/mol. The lowest BCUT2D eigenvalue weighted by Crippen LogP contribution is -2.41. The number of aromatic hydroxyl groups is 1. The minimum atomic E-state index is -1.39. The van der Waals surface area contributed by atoms with E-state index >= 15 is 0 Å². The van der Waals surface area contributed by atoms with Gasteiger partial charge in [0, 0.05) is 6.07 Å². The summed E-state index contributed by atoms with van der Waals surface area (Å²) in [6, 6.07) is 4.31. The molecule has 3 N–H and O–H groups in total. The first-order valence-corrected chi connectivity index (χ1v) is 5.01. The summed E-state index contributed by atoms with van der Waals surface area (Å²) in [6.07, 6.45) is 0. The molecule has 0 saturated carbocycles. The summed E-state index contributed by atoms with van der Waals surface area (Å²) in [5.41, 5.74) is -1.05. The van der Waals surface area contributed by atoms with Crippen LogP contribution >= 0.6 is 0 Å². The molecule has 2 rings (SSSR count). The highest BCUT2D eigenvalue weighted by Crippen LogP contribution is 2.23. The third kappa shape index (κ3) is 1.57. The Hall–Kier alpha value is -2.24. The Labute approximate surface area is 96.1 Å². The van der Waals surface area contributed by atoms with Crippen LogP contribution in [0.15, 0.2) is 23.0 Å². The third-order valence-electron chi connectivity index (χ3n) is 2.75. The molecular weight excluding hydrogens is 224 g/mol. The number of fused-ring (bicyclic) bond motifs is 1. The average Bonchev–Trinajstić information content (AvgIpc) is 2.53. The number of benzene rings is 1. The number of aliphatic carboxylic acids is 1. The number of carbonyl (C=O) groups is 1. The second-order valence-electron chi connectivity index (χ2n) is 4.33. The minimum absolute atomic E-state index is 0.0218. The molecule has 0 spiro atoms. The van der Waals surface area contributed by atoms with Crippen LogP contribution in [0.3, 0.4) is 0 Å². The molecule has 0 saturated heterocycles. The van der Waals surface area contributed by atoms with E-state index in [1.54, 1.807) is 0 Å². The molecule has 0 fully saturated rings. The molecule has 0 aliphatic rings. The molecule has 1 aromatic carbocycles. The Balaban J connectivity index is 2.86. The maximum Gasteiger partial charge on any atom is 0.329 e. The van der Waals surface area contributed by atoms with Crippen LogP contribution in [-0.4, -0.2) is 25.7 Å². The van der Waals surface area contributed by atoms with E-state index < -0.39 is 17.2 Å². The van der Waals surface area contributed by atoms with Crippen molar-refractivity contribution in [3.05, 3.63) is 28.7 Å². The van der Waals surface area contributed by atoms with Gasteiger partial charge in [0.2, 0.25) is 0 Å². The number of H-pyrrole nitrogens is 1. The number of imidazole rings is 1. The standard InChI is InChI=1S/C11H12N2O4/c1-11(2,9(15)16)13-8-5-6(14)3-4-7(8)12-10(13)17/h3-5,14H,1-2H3,(H,12,17)(H,15,16). The number of rotatable bonds is 2. The van der Waals surface area contributed by atoms with E-state index in [0.717, 1.165) is 4.57 Å². The van der Waals surface area contributed by atoms with Gasteiger partial charge in [0.25, 0.3) is 0 Å². The number of aromatic nitrogens is 2. The second kappa shape index (κ2) is 3.38. The van der Waals surface area contributed by atoms with Gasteiger partial charge in [-0.25, -0.2) is 9.59 Å². The predicted molar refractivity (Wildman–Crippen MR) is 61.2 cm³/mol. The van der Waals surface area contributed by atoms with Crippen LogP contribution in [0.4, 0.5) is 0 Å². The fraction of sp³-hybridized carbons (Fsp3) is 0.273. The van der Waals surface area contributed by atoms with Gasteiger partial charge in [-0.3, -0.25) is 4.57 Å². The van der Waals surface area contributed by atoms with Crippen LogP contribution in [0.2, 0.25) is 0 Å². The molecule has 0 radical (unpaired) electrons. The van der Waals surface area contributed by atoms with Crippen LogP contribution in [0.25, 0.3) is 11.0 Å². The van der Waals surface area contributed by atoms with Crippen LogP contribution < -0.4 is 5.69 Å². The Morgan fingerprint density at radius 2 is 2.06 bits per heavy atom. The van der Waals surface area contributed by atoms with Crippen LogP contribution in [0, 0.1) is 0 Å². The molecule has 0 aliphatic carbocycles. The number of hydrogen-bond donors (Lipinski definition) is 3. The van der Waals surface area contributed by atoms with Gasteiger partial charge >= 0.3 is 11.7 Å². The first kappa shape index (κ1) is 11.3. The first-order valence-electron chi connectivity index (χ1n) is 5.01. The molecule has 0 bridgehead atoms. The van der Waals surface area contributed by atoms with Crippen molar-refractivity contribution in [1.82, 2.24) is 9.55 Å². The molecule has 0 amide bonds. The van der Waals surface area contributed by atoms with Crippen molar-refractivity contribution in [3.63, 3.8) is 0 Å². The van der Waals surface area contributed by atoms with Gasteiger partial charge in [0.15, 0.2) is 0 Å². The number of carboxylic acids is 1. The maximum atomic E-state index is 11.8. The number of phenolic OH excluding ortho intramolecular Hbond substituents is 1. The van der Waals surface area contributed by atoms with Crippen molar-refractivity contribution >= 4 is 17.0 Å². The lowest BCUT2D eigenvalue weighted by Gasteiger charge is -2.21. The summed E-state index contributed by atoms with van der Waals surface area (Å²) in [5, 5.41) is 18.5. The summed E-state index contributed by atoms with van der Waals surface area (Å²) < 4.78 is 1.12. The molecule has 90 valence electrons. The Bertz CT molecular complexity index is 651. The van der Waals surface area contributed by atoms with E-state index in [2.05, 4.69) is 4.98 Å². The summed E-state index contributed by atoms with van der Waals surface area (Å²) in [5.74, 6) is -1.14. The van der Waals surface area contributed by atoms with Gasteiger partial charge in [-0.2, -0.15) is 0 Å². The first-order chi connectivity index (χ1) is 7.84. The van der Waals surface area contributed by atoms with Gasteiger partial charge in [0.1, 0.15) is 11.3 Å².